The number of aromatic nitrogens is 2. The summed E-state index contributed by atoms with van der Waals surface area (Å²) >= 11 is 1.61. The van der Waals surface area contributed by atoms with Gasteiger partial charge in [0.25, 0.3) is 0 Å². The van der Waals surface area contributed by atoms with E-state index in [9.17, 15) is 9.90 Å². The lowest BCUT2D eigenvalue weighted by atomic mass is 10.0. The van der Waals surface area contributed by atoms with Crippen LogP contribution in [-0.4, -0.2) is 82.9 Å². The zero-order valence-corrected chi connectivity index (χ0v) is 19.7. The molecule has 2 aliphatic rings. The number of aryl methyl sites for hydroxylation is 1. The Balaban J connectivity index is 1.24. The lowest BCUT2D eigenvalue weighted by molar-refractivity contribution is -0.133. The molecule has 9 heteroatoms. The van der Waals surface area contributed by atoms with E-state index in [-0.39, 0.29) is 17.7 Å². The van der Waals surface area contributed by atoms with Gasteiger partial charge in [0.2, 0.25) is 5.91 Å². The Morgan fingerprint density at radius 1 is 1.24 bits per heavy atom. The van der Waals surface area contributed by atoms with Crippen LogP contribution in [0.25, 0.3) is 21.3 Å². The van der Waals surface area contributed by atoms with E-state index in [1.807, 2.05) is 41.5 Å². The summed E-state index contributed by atoms with van der Waals surface area (Å²) < 4.78 is 1.05. The summed E-state index contributed by atoms with van der Waals surface area (Å²) in [6.07, 6.45) is 2.09. The zero-order valence-electron chi connectivity index (χ0n) is 18.9. The number of carbonyl (C=O) groups excluding carboxylic acids is 1. The van der Waals surface area contributed by atoms with Gasteiger partial charge in [-0.2, -0.15) is 0 Å². The summed E-state index contributed by atoms with van der Waals surface area (Å²) in [6.45, 7) is 7.58. The fourth-order valence-electron chi connectivity index (χ4n) is 4.77. The average molecular weight is 467 g/mol. The first-order valence-corrected chi connectivity index (χ1v) is 12.5. The van der Waals surface area contributed by atoms with Gasteiger partial charge in [0.15, 0.2) is 0 Å². The molecule has 0 spiro atoms. The number of benzene rings is 1. The summed E-state index contributed by atoms with van der Waals surface area (Å²) in [7, 11) is 0. The third kappa shape index (κ3) is 4.80. The second kappa shape index (κ2) is 9.62. The third-order valence-corrected chi connectivity index (χ3v) is 7.41. The molecule has 3 aromatic rings. The fraction of sp³-hybridized carbons (Fsp3) is 0.458. The lowest BCUT2D eigenvalue weighted by Crippen LogP contribution is -2.51. The number of piperazine rings is 1. The highest BCUT2D eigenvalue weighted by Gasteiger charge is 2.25. The topological polar surface area (TPSA) is 93.6 Å². The maximum Gasteiger partial charge on any atom is 0.236 e. The number of thiophene rings is 1. The zero-order chi connectivity index (χ0) is 22.8. The summed E-state index contributed by atoms with van der Waals surface area (Å²) in [5.41, 5.74) is 2.35. The van der Waals surface area contributed by atoms with Crippen molar-refractivity contribution >= 4 is 33.1 Å². The Morgan fingerprint density at radius 3 is 2.91 bits per heavy atom. The van der Waals surface area contributed by atoms with Crippen LogP contribution in [0.3, 0.4) is 0 Å². The summed E-state index contributed by atoms with van der Waals surface area (Å²) in [5.74, 6) is 1.20. The Hall–Kier alpha value is -2.75. The van der Waals surface area contributed by atoms with Crippen LogP contribution in [-0.2, 0) is 4.79 Å². The highest BCUT2D eigenvalue weighted by Crippen LogP contribution is 2.38. The fourth-order valence-corrected chi connectivity index (χ4v) is 5.56. The molecule has 0 bridgehead atoms. The predicted molar refractivity (Wildman–Crippen MR) is 132 cm³/mol. The van der Waals surface area contributed by atoms with E-state index < -0.39 is 0 Å². The Labute approximate surface area is 197 Å². The van der Waals surface area contributed by atoms with Crippen LogP contribution in [0.2, 0.25) is 0 Å². The number of likely N-dealkylation sites (tertiary alicyclic amines) is 1. The normalized spacial score (nSPS) is 19.7. The molecule has 0 saturated carbocycles. The number of hydrogen-bond acceptors (Lipinski definition) is 8. The predicted octanol–water partition coefficient (Wildman–Crippen LogP) is 2.68. The molecule has 1 atom stereocenters. The lowest BCUT2D eigenvalue weighted by Gasteiger charge is -2.35. The Bertz CT molecular complexity index is 1140. The minimum atomic E-state index is 0.222. The van der Waals surface area contributed by atoms with Crippen LogP contribution >= 0.6 is 11.3 Å². The van der Waals surface area contributed by atoms with Gasteiger partial charge < -0.3 is 20.6 Å². The highest BCUT2D eigenvalue weighted by atomic mass is 32.1. The van der Waals surface area contributed by atoms with Crippen molar-refractivity contribution in [3.8, 4) is 17.0 Å². The van der Waals surface area contributed by atoms with Crippen molar-refractivity contribution in [3.63, 3.8) is 0 Å². The summed E-state index contributed by atoms with van der Waals surface area (Å²) in [6, 6.07) is 8.07. The van der Waals surface area contributed by atoms with Gasteiger partial charge in [-0.1, -0.05) is 0 Å². The number of amides is 1. The van der Waals surface area contributed by atoms with Crippen molar-refractivity contribution in [1.82, 2.24) is 25.3 Å². The van der Waals surface area contributed by atoms with Gasteiger partial charge in [-0.3, -0.25) is 9.69 Å². The molecule has 2 aliphatic heterocycles. The molecule has 2 fully saturated rings. The number of anilines is 1. The molecule has 0 unspecified atom stereocenters. The van der Waals surface area contributed by atoms with Crippen LogP contribution in [0.1, 0.15) is 18.4 Å². The second-order valence-electron chi connectivity index (χ2n) is 8.90. The number of fused-ring (bicyclic) bond motifs is 1. The van der Waals surface area contributed by atoms with Crippen molar-refractivity contribution in [2.45, 2.75) is 25.8 Å². The van der Waals surface area contributed by atoms with E-state index in [0.29, 0.717) is 17.8 Å². The number of phenolic OH excluding ortho intramolecular Hbond substituents is 1. The SMILES string of the molecule is Cc1cc(N[C@@H]2CCCN(CC(=O)N3CCNCC3)C2)nnc1-c1ccc2sccc2c1O. The number of rotatable bonds is 5. The van der Waals surface area contributed by atoms with Crippen LogP contribution in [0.15, 0.2) is 29.6 Å². The Morgan fingerprint density at radius 2 is 2.09 bits per heavy atom. The molecule has 8 nitrogen and oxygen atoms in total. The number of phenols is 1. The van der Waals surface area contributed by atoms with Crippen LogP contribution in [0.4, 0.5) is 5.82 Å². The Kier molecular flexibility index (Phi) is 6.43. The molecule has 1 amide bonds. The molecule has 33 heavy (non-hydrogen) atoms. The average Bonchev–Trinajstić information content (AvgIpc) is 3.31. The second-order valence-corrected chi connectivity index (χ2v) is 9.85. The van der Waals surface area contributed by atoms with Crippen molar-refractivity contribution in [2.75, 3.05) is 51.1 Å². The van der Waals surface area contributed by atoms with Crippen molar-refractivity contribution < 1.29 is 9.90 Å². The van der Waals surface area contributed by atoms with E-state index in [2.05, 4.69) is 25.7 Å². The number of carbonyl (C=O) groups is 1. The number of aromatic hydroxyl groups is 1. The minimum absolute atomic E-state index is 0.222. The molecular weight excluding hydrogens is 436 g/mol. The van der Waals surface area contributed by atoms with Gasteiger partial charge in [0.1, 0.15) is 11.6 Å². The van der Waals surface area contributed by atoms with Crippen molar-refractivity contribution in [3.05, 3.63) is 35.2 Å². The summed E-state index contributed by atoms with van der Waals surface area (Å²) in [5, 5.41) is 29.2. The molecule has 2 aromatic heterocycles. The largest absolute Gasteiger partial charge is 0.507 e. The monoisotopic (exact) mass is 466 g/mol. The third-order valence-electron chi connectivity index (χ3n) is 6.53. The quantitative estimate of drug-likeness (QED) is 0.532. The molecular formula is C24H30N6O2S. The van der Waals surface area contributed by atoms with Crippen LogP contribution in [0.5, 0.6) is 5.75 Å². The van der Waals surface area contributed by atoms with E-state index in [1.54, 1.807) is 11.3 Å². The van der Waals surface area contributed by atoms with E-state index in [4.69, 9.17) is 0 Å². The van der Waals surface area contributed by atoms with Crippen LogP contribution in [0, 0.1) is 6.92 Å². The van der Waals surface area contributed by atoms with Crippen molar-refractivity contribution in [1.29, 1.82) is 0 Å². The van der Waals surface area contributed by atoms with Gasteiger partial charge in [-0.05, 0) is 61.5 Å². The molecule has 0 radical (unpaired) electrons. The van der Waals surface area contributed by atoms with Crippen LogP contribution < -0.4 is 10.6 Å². The molecule has 0 aliphatic carbocycles. The van der Waals surface area contributed by atoms with Gasteiger partial charge in [0.05, 0.1) is 12.2 Å². The molecule has 1 aromatic carbocycles. The number of piperidine rings is 1. The molecule has 2 saturated heterocycles. The van der Waals surface area contributed by atoms with Gasteiger partial charge in [0, 0.05) is 54.4 Å². The van der Waals surface area contributed by atoms with Crippen molar-refractivity contribution in [2.24, 2.45) is 0 Å². The first kappa shape index (κ1) is 22.1. The van der Waals surface area contributed by atoms with Gasteiger partial charge in [-0.25, -0.2) is 0 Å². The molecule has 5 rings (SSSR count). The molecule has 3 N–H and O–H groups in total. The maximum absolute atomic E-state index is 12.6. The number of nitrogens with zero attached hydrogens (tertiary/aromatic N) is 4. The molecule has 4 heterocycles. The first-order valence-electron chi connectivity index (χ1n) is 11.6. The highest BCUT2D eigenvalue weighted by molar-refractivity contribution is 7.17. The first-order chi connectivity index (χ1) is 16.1. The smallest absolute Gasteiger partial charge is 0.236 e. The van der Waals surface area contributed by atoms with E-state index >= 15 is 0 Å². The molecule has 174 valence electrons. The maximum atomic E-state index is 12.6. The van der Waals surface area contributed by atoms with E-state index in [0.717, 1.165) is 73.6 Å². The van der Waals surface area contributed by atoms with Gasteiger partial charge >= 0.3 is 0 Å². The summed E-state index contributed by atoms with van der Waals surface area (Å²) in [4.78, 5) is 16.8. The van der Waals surface area contributed by atoms with E-state index in [1.165, 1.54) is 0 Å². The standard InChI is InChI=1S/C24H30N6O2S/c1-16-13-21(27-28-23(16)19-4-5-20-18(24(19)32)6-12-33-20)26-17-3-2-9-29(14-17)15-22(31)30-10-7-25-8-11-30/h4-6,12-13,17,25,32H,2-3,7-11,14-15H2,1H3,(H,26,27)/t17-/m1/s1. The van der Waals surface area contributed by atoms with Gasteiger partial charge in [-0.15, -0.1) is 21.5 Å². The number of hydrogen-bond donors (Lipinski definition) is 3. The number of nitrogens with one attached hydrogen (secondary N) is 2. The minimum Gasteiger partial charge on any atom is -0.507 e.